The van der Waals surface area contributed by atoms with Crippen molar-refractivity contribution in [2.75, 3.05) is 19.7 Å². The molecule has 3 rings (SSSR count). The van der Waals surface area contributed by atoms with Crippen LogP contribution >= 0.6 is 0 Å². The van der Waals surface area contributed by atoms with Crippen molar-refractivity contribution < 1.29 is 9.53 Å². The zero-order valence-electron chi connectivity index (χ0n) is 14.2. The molecular weight excluding hydrogens is 314 g/mol. The first-order valence-corrected chi connectivity index (χ1v) is 8.32. The van der Waals surface area contributed by atoms with Crippen LogP contribution in [0.3, 0.4) is 0 Å². The van der Waals surface area contributed by atoms with Crippen LogP contribution in [0.2, 0.25) is 0 Å². The first-order chi connectivity index (χ1) is 12.1. The number of nitriles is 1. The first kappa shape index (κ1) is 17.0. The molecule has 1 N–H and O–H groups in total. The third kappa shape index (κ3) is 3.98. The minimum atomic E-state index is -0.502. The molecule has 0 radical (unpaired) electrons. The van der Waals surface area contributed by atoms with Crippen molar-refractivity contribution in [3.8, 4) is 6.07 Å². The molecule has 2 aromatic rings. The van der Waals surface area contributed by atoms with E-state index < -0.39 is 5.60 Å². The molecular formula is C20H21N3O2. The number of hydrogen-bond acceptors (Lipinski definition) is 3. The summed E-state index contributed by atoms with van der Waals surface area (Å²) in [5.74, 6) is 0. The number of ether oxygens (including phenoxy) is 1. The fraction of sp³-hybridized carbons (Fsp3) is 0.300. The molecule has 1 saturated heterocycles. The van der Waals surface area contributed by atoms with Crippen LogP contribution in [0.5, 0.6) is 0 Å². The Morgan fingerprint density at radius 3 is 2.84 bits per heavy atom. The standard InChI is InChI=1S/C20H21N3O2/c1-20(18-8-3-2-4-9-18)15-23(10-11-25-20)19(24)22-14-17-7-5-6-16(12-17)13-21/h2-9,12H,10-11,14-15H2,1H3,(H,22,24)/t20-/m0/s1. The number of nitrogens with zero attached hydrogens (tertiary/aromatic N) is 2. The maximum atomic E-state index is 12.5. The van der Waals surface area contributed by atoms with Gasteiger partial charge in [0.15, 0.2) is 0 Å². The first-order valence-electron chi connectivity index (χ1n) is 8.32. The summed E-state index contributed by atoms with van der Waals surface area (Å²) in [7, 11) is 0. The number of carbonyl (C=O) groups is 1. The molecule has 0 spiro atoms. The molecule has 0 aromatic heterocycles. The van der Waals surface area contributed by atoms with E-state index in [4.69, 9.17) is 10.00 Å². The summed E-state index contributed by atoms with van der Waals surface area (Å²) >= 11 is 0. The molecule has 0 unspecified atom stereocenters. The molecule has 1 atom stereocenters. The molecule has 128 valence electrons. The number of nitrogens with one attached hydrogen (secondary N) is 1. The van der Waals surface area contributed by atoms with Crippen molar-refractivity contribution in [2.45, 2.75) is 19.1 Å². The Labute approximate surface area is 147 Å². The van der Waals surface area contributed by atoms with Crippen molar-refractivity contribution in [3.05, 3.63) is 71.3 Å². The fourth-order valence-electron chi connectivity index (χ4n) is 3.05. The third-order valence-corrected chi connectivity index (χ3v) is 4.45. The molecule has 1 fully saturated rings. The number of hydrogen-bond donors (Lipinski definition) is 1. The van der Waals surface area contributed by atoms with E-state index in [0.29, 0.717) is 31.8 Å². The van der Waals surface area contributed by atoms with E-state index >= 15 is 0 Å². The van der Waals surface area contributed by atoms with Gasteiger partial charge in [0.1, 0.15) is 5.60 Å². The largest absolute Gasteiger partial charge is 0.367 e. The van der Waals surface area contributed by atoms with Gasteiger partial charge in [-0.1, -0.05) is 42.5 Å². The molecule has 1 aliphatic heterocycles. The predicted octanol–water partition coefficient (Wildman–Crippen LogP) is 3.02. The van der Waals surface area contributed by atoms with Gasteiger partial charge in [0.2, 0.25) is 0 Å². The molecule has 5 nitrogen and oxygen atoms in total. The van der Waals surface area contributed by atoms with Gasteiger partial charge in [-0.05, 0) is 30.2 Å². The second-order valence-electron chi connectivity index (χ2n) is 6.34. The maximum Gasteiger partial charge on any atom is 0.317 e. The van der Waals surface area contributed by atoms with E-state index in [0.717, 1.165) is 11.1 Å². The molecule has 1 heterocycles. The summed E-state index contributed by atoms with van der Waals surface area (Å²) in [5, 5.41) is 11.9. The number of carbonyl (C=O) groups excluding carboxylic acids is 1. The van der Waals surface area contributed by atoms with Gasteiger partial charge < -0.3 is 15.0 Å². The summed E-state index contributed by atoms with van der Waals surface area (Å²) in [6.45, 7) is 3.97. The second kappa shape index (κ2) is 7.37. The molecule has 1 aliphatic rings. The number of amides is 2. The van der Waals surface area contributed by atoms with Gasteiger partial charge in [-0.3, -0.25) is 0 Å². The van der Waals surface area contributed by atoms with E-state index in [1.54, 1.807) is 17.0 Å². The Kier molecular flexibility index (Phi) is 5.01. The van der Waals surface area contributed by atoms with Gasteiger partial charge in [-0.15, -0.1) is 0 Å². The molecule has 2 aromatic carbocycles. The molecule has 0 bridgehead atoms. The minimum absolute atomic E-state index is 0.118. The number of morpholine rings is 1. The molecule has 0 saturated carbocycles. The van der Waals surface area contributed by atoms with Gasteiger partial charge in [0, 0.05) is 13.1 Å². The Morgan fingerprint density at radius 2 is 2.08 bits per heavy atom. The predicted molar refractivity (Wildman–Crippen MR) is 94.7 cm³/mol. The Hall–Kier alpha value is -2.84. The van der Waals surface area contributed by atoms with Gasteiger partial charge in [0.05, 0.1) is 24.8 Å². The molecule has 25 heavy (non-hydrogen) atoms. The monoisotopic (exact) mass is 335 g/mol. The van der Waals surface area contributed by atoms with Crippen molar-refractivity contribution in [2.24, 2.45) is 0 Å². The average molecular weight is 335 g/mol. The van der Waals surface area contributed by atoms with Crippen LogP contribution in [-0.2, 0) is 16.9 Å². The molecule has 5 heteroatoms. The van der Waals surface area contributed by atoms with Gasteiger partial charge in [-0.2, -0.15) is 5.26 Å². The van der Waals surface area contributed by atoms with Crippen LogP contribution in [0.25, 0.3) is 0 Å². The zero-order chi connectivity index (χ0) is 17.7. The van der Waals surface area contributed by atoms with Crippen molar-refractivity contribution in [1.82, 2.24) is 10.2 Å². The SMILES string of the molecule is C[C@@]1(c2ccccc2)CN(C(=O)NCc2cccc(C#N)c2)CCO1. The highest BCUT2D eigenvalue weighted by atomic mass is 16.5. The van der Waals surface area contributed by atoms with Crippen LogP contribution in [0.4, 0.5) is 4.79 Å². The van der Waals surface area contributed by atoms with Gasteiger partial charge in [-0.25, -0.2) is 4.79 Å². The molecule has 0 aliphatic carbocycles. The van der Waals surface area contributed by atoms with E-state index in [1.165, 1.54) is 0 Å². The number of rotatable bonds is 3. The Morgan fingerprint density at radius 1 is 1.28 bits per heavy atom. The highest BCUT2D eigenvalue weighted by Crippen LogP contribution is 2.29. The lowest BCUT2D eigenvalue weighted by molar-refractivity contribution is -0.0906. The lowest BCUT2D eigenvalue weighted by Gasteiger charge is -2.40. The summed E-state index contributed by atoms with van der Waals surface area (Å²) in [6.07, 6.45) is 0. The summed E-state index contributed by atoms with van der Waals surface area (Å²) < 4.78 is 5.97. The summed E-state index contributed by atoms with van der Waals surface area (Å²) in [4.78, 5) is 14.3. The van der Waals surface area contributed by atoms with Gasteiger partial charge >= 0.3 is 6.03 Å². The summed E-state index contributed by atoms with van der Waals surface area (Å²) in [5.41, 5.74) is 2.06. The lowest BCUT2D eigenvalue weighted by Crippen LogP contribution is -2.53. The maximum absolute atomic E-state index is 12.5. The van der Waals surface area contributed by atoms with Crippen LogP contribution < -0.4 is 5.32 Å². The van der Waals surface area contributed by atoms with Crippen LogP contribution in [0.15, 0.2) is 54.6 Å². The average Bonchev–Trinajstić information content (AvgIpc) is 2.67. The van der Waals surface area contributed by atoms with Gasteiger partial charge in [0.25, 0.3) is 0 Å². The quantitative estimate of drug-likeness (QED) is 0.938. The van der Waals surface area contributed by atoms with E-state index in [1.807, 2.05) is 49.4 Å². The van der Waals surface area contributed by atoms with Crippen molar-refractivity contribution in [1.29, 1.82) is 5.26 Å². The van der Waals surface area contributed by atoms with Crippen LogP contribution in [-0.4, -0.2) is 30.6 Å². The van der Waals surface area contributed by atoms with E-state index in [9.17, 15) is 4.79 Å². The van der Waals surface area contributed by atoms with E-state index in [-0.39, 0.29) is 6.03 Å². The van der Waals surface area contributed by atoms with Crippen LogP contribution in [0, 0.1) is 11.3 Å². The lowest BCUT2D eigenvalue weighted by atomic mass is 9.94. The Balaban J connectivity index is 1.63. The summed E-state index contributed by atoms with van der Waals surface area (Å²) in [6, 6.07) is 19.2. The topological polar surface area (TPSA) is 65.4 Å². The zero-order valence-corrected chi connectivity index (χ0v) is 14.2. The number of urea groups is 1. The van der Waals surface area contributed by atoms with Crippen molar-refractivity contribution in [3.63, 3.8) is 0 Å². The second-order valence-corrected chi connectivity index (χ2v) is 6.34. The van der Waals surface area contributed by atoms with Crippen molar-refractivity contribution >= 4 is 6.03 Å². The highest BCUT2D eigenvalue weighted by Gasteiger charge is 2.35. The highest BCUT2D eigenvalue weighted by molar-refractivity contribution is 5.74. The number of benzene rings is 2. The smallest absolute Gasteiger partial charge is 0.317 e. The van der Waals surface area contributed by atoms with E-state index in [2.05, 4.69) is 11.4 Å². The van der Waals surface area contributed by atoms with Crippen LogP contribution in [0.1, 0.15) is 23.6 Å². The molecule has 2 amide bonds. The minimum Gasteiger partial charge on any atom is -0.367 e. The normalized spacial score (nSPS) is 19.9. The third-order valence-electron chi connectivity index (χ3n) is 4.45. The Bertz CT molecular complexity index is 785. The fourth-order valence-corrected chi connectivity index (χ4v) is 3.05.